The Morgan fingerprint density at radius 3 is 2.48 bits per heavy atom. The number of hydrogen-bond acceptors (Lipinski definition) is 5. The van der Waals surface area contributed by atoms with E-state index in [1.807, 2.05) is 42.5 Å². The minimum Gasteiger partial charge on any atom is -0.396 e. The third-order valence-corrected chi connectivity index (χ3v) is 5.47. The van der Waals surface area contributed by atoms with Gasteiger partial charge >= 0.3 is 0 Å². The van der Waals surface area contributed by atoms with E-state index in [2.05, 4.69) is 4.98 Å². The maximum Gasteiger partial charge on any atom is 0.253 e. The van der Waals surface area contributed by atoms with E-state index in [1.165, 1.54) is 0 Å². The van der Waals surface area contributed by atoms with Crippen LogP contribution in [-0.4, -0.2) is 51.5 Å². The summed E-state index contributed by atoms with van der Waals surface area (Å²) in [5, 5.41) is 19.7. The van der Waals surface area contributed by atoms with Crippen molar-refractivity contribution >= 4 is 17.7 Å². The Morgan fingerprint density at radius 1 is 1.16 bits per heavy atom. The zero-order chi connectivity index (χ0) is 17.7. The number of amides is 1. The highest BCUT2D eigenvalue weighted by Gasteiger charge is 2.36. The first-order valence-corrected chi connectivity index (χ1v) is 9.38. The van der Waals surface area contributed by atoms with E-state index in [4.69, 9.17) is 5.11 Å². The van der Waals surface area contributed by atoms with Crippen molar-refractivity contribution in [2.45, 2.75) is 23.3 Å². The Balaban J connectivity index is 1.61. The Bertz CT molecular complexity index is 698. The standard InChI is InChI=1S/C19H22N2O3S/c22-13-14-25-16-6-4-15(5-7-16)18(23)21-11-8-19(24,9-12-21)17-3-1-2-10-20-17/h1-7,10,22,24H,8-9,11-14H2. The summed E-state index contributed by atoms with van der Waals surface area (Å²) < 4.78 is 0. The number of carbonyl (C=O) groups is 1. The van der Waals surface area contributed by atoms with E-state index < -0.39 is 5.60 Å². The number of rotatable bonds is 5. The van der Waals surface area contributed by atoms with Crippen LogP contribution in [0.25, 0.3) is 0 Å². The van der Waals surface area contributed by atoms with Crippen molar-refractivity contribution in [2.24, 2.45) is 0 Å². The van der Waals surface area contributed by atoms with Gasteiger partial charge in [0.15, 0.2) is 0 Å². The second-order valence-electron chi connectivity index (χ2n) is 6.14. The molecule has 0 saturated carbocycles. The van der Waals surface area contributed by atoms with Crippen molar-refractivity contribution in [1.82, 2.24) is 9.88 Å². The fourth-order valence-electron chi connectivity index (χ4n) is 3.01. The highest BCUT2D eigenvalue weighted by Crippen LogP contribution is 2.32. The molecule has 1 fully saturated rings. The number of pyridine rings is 1. The molecular weight excluding hydrogens is 336 g/mol. The van der Waals surface area contributed by atoms with Gasteiger partial charge in [-0.05, 0) is 49.2 Å². The second kappa shape index (κ2) is 7.99. The van der Waals surface area contributed by atoms with Gasteiger partial charge in [0.2, 0.25) is 0 Å². The van der Waals surface area contributed by atoms with Crippen LogP contribution in [0.2, 0.25) is 0 Å². The van der Waals surface area contributed by atoms with Crippen LogP contribution >= 0.6 is 11.8 Å². The lowest BCUT2D eigenvalue weighted by Gasteiger charge is -2.37. The third kappa shape index (κ3) is 4.21. The van der Waals surface area contributed by atoms with Crippen molar-refractivity contribution in [2.75, 3.05) is 25.4 Å². The zero-order valence-electron chi connectivity index (χ0n) is 14.0. The quantitative estimate of drug-likeness (QED) is 0.802. The molecule has 3 rings (SSSR count). The maximum absolute atomic E-state index is 12.7. The number of benzene rings is 1. The summed E-state index contributed by atoms with van der Waals surface area (Å²) in [6, 6.07) is 13.0. The number of carbonyl (C=O) groups excluding carboxylic acids is 1. The van der Waals surface area contributed by atoms with Crippen molar-refractivity contribution < 1.29 is 15.0 Å². The third-order valence-electron chi connectivity index (χ3n) is 4.48. The largest absolute Gasteiger partial charge is 0.396 e. The molecule has 0 bridgehead atoms. The monoisotopic (exact) mass is 358 g/mol. The Hall–Kier alpha value is -1.89. The number of thioether (sulfide) groups is 1. The topological polar surface area (TPSA) is 73.7 Å². The van der Waals surface area contributed by atoms with Gasteiger partial charge in [-0.2, -0.15) is 0 Å². The molecule has 25 heavy (non-hydrogen) atoms. The molecule has 1 aromatic carbocycles. The van der Waals surface area contributed by atoms with Crippen LogP contribution in [-0.2, 0) is 5.60 Å². The molecule has 0 radical (unpaired) electrons. The summed E-state index contributed by atoms with van der Waals surface area (Å²) in [6.07, 6.45) is 2.65. The summed E-state index contributed by atoms with van der Waals surface area (Å²) in [5.41, 5.74) is 0.368. The van der Waals surface area contributed by atoms with E-state index in [9.17, 15) is 9.90 Å². The van der Waals surface area contributed by atoms with Gasteiger partial charge in [-0.1, -0.05) is 6.07 Å². The minimum atomic E-state index is -0.956. The highest BCUT2D eigenvalue weighted by atomic mass is 32.2. The number of aliphatic hydroxyl groups is 2. The molecule has 0 spiro atoms. The summed E-state index contributed by atoms with van der Waals surface area (Å²) in [6.45, 7) is 1.15. The Labute approximate surface area is 151 Å². The van der Waals surface area contributed by atoms with Crippen molar-refractivity contribution in [3.05, 3.63) is 59.9 Å². The first-order valence-electron chi connectivity index (χ1n) is 8.39. The van der Waals surface area contributed by atoms with Gasteiger partial charge in [0.05, 0.1) is 12.3 Å². The van der Waals surface area contributed by atoms with Gasteiger partial charge in [0, 0.05) is 35.5 Å². The summed E-state index contributed by atoms with van der Waals surface area (Å²) in [5.74, 6) is 0.632. The predicted molar refractivity (Wildman–Crippen MR) is 97.5 cm³/mol. The fourth-order valence-corrected chi connectivity index (χ4v) is 3.67. The predicted octanol–water partition coefficient (Wildman–Crippen LogP) is 2.29. The number of piperidine rings is 1. The molecule has 6 heteroatoms. The van der Waals surface area contributed by atoms with Gasteiger partial charge in [0.25, 0.3) is 5.91 Å². The van der Waals surface area contributed by atoms with Crippen molar-refractivity contribution in [3.63, 3.8) is 0 Å². The number of aromatic nitrogens is 1. The molecule has 1 saturated heterocycles. The maximum atomic E-state index is 12.7. The molecule has 0 unspecified atom stereocenters. The van der Waals surface area contributed by atoms with Gasteiger partial charge in [0.1, 0.15) is 5.60 Å². The highest BCUT2D eigenvalue weighted by molar-refractivity contribution is 7.99. The Kier molecular flexibility index (Phi) is 5.73. The average molecular weight is 358 g/mol. The lowest BCUT2D eigenvalue weighted by Crippen LogP contribution is -2.45. The Morgan fingerprint density at radius 2 is 1.88 bits per heavy atom. The first-order chi connectivity index (χ1) is 12.1. The molecule has 2 aromatic rings. The molecule has 132 valence electrons. The van der Waals surface area contributed by atoms with Crippen molar-refractivity contribution in [1.29, 1.82) is 0 Å². The van der Waals surface area contributed by atoms with Crippen LogP contribution in [0.5, 0.6) is 0 Å². The molecule has 1 amide bonds. The normalized spacial score (nSPS) is 16.6. The molecule has 0 atom stereocenters. The molecule has 2 heterocycles. The number of aliphatic hydroxyl groups excluding tert-OH is 1. The molecule has 0 aliphatic carbocycles. The van der Waals surface area contributed by atoms with Crippen LogP contribution < -0.4 is 0 Å². The zero-order valence-corrected chi connectivity index (χ0v) is 14.8. The van der Waals surface area contributed by atoms with E-state index in [1.54, 1.807) is 22.9 Å². The molecule has 5 nitrogen and oxygen atoms in total. The summed E-state index contributed by atoms with van der Waals surface area (Å²) in [7, 11) is 0. The van der Waals surface area contributed by atoms with Gasteiger partial charge in [-0.3, -0.25) is 9.78 Å². The molecule has 2 N–H and O–H groups in total. The van der Waals surface area contributed by atoms with E-state index >= 15 is 0 Å². The van der Waals surface area contributed by atoms with Crippen LogP contribution in [0.15, 0.2) is 53.6 Å². The van der Waals surface area contributed by atoms with E-state index in [-0.39, 0.29) is 12.5 Å². The minimum absolute atomic E-state index is 0.0122. The van der Waals surface area contributed by atoms with Crippen LogP contribution in [0.3, 0.4) is 0 Å². The molecule has 1 aromatic heterocycles. The second-order valence-corrected chi connectivity index (χ2v) is 7.30. The van der Waals surface area contributed by atoms with E-state index in [0.29, 0.717) is 42.9 Å². The molecule has 1 aliphatic heterocycles. The number of likely N-dealkylation sites (tertiary alicyclic amines) is 1. The van der Waals surface area contributed by atoms with Crippen LogP contribution in [0, 0.1) is 0 Å². The average Bonchev–Trinajstić information content (AvgIpc) is 2.67. The van der Waals surface area contributed by atoms with Crippen LogP contribution in [0.4, 0.5) is 0 Å². The lowest BCUT2D eigenvalue weighted by atomic mass is 9.87. The van der Waals surface area contributed by atoms with Crippen molar-refractivity contribution in [3.8, 4) is 0 Å². The van der Waals surface area contributed by atoms with Gasteiger partial charge in [-0.15, -0.1) is 11.8 Å². The number of hydrogen-bond donors (Lipinski definition) is 2. The van der Waals surface area contributed by atoms with Crippen LogP contribution in [0.1, 0.15) is 28.9 Å². The number of nitrogens with zero attached hydrogens (tertiary/aromatic N) is 2. The van der Waals surface area contributed by atoms with Gasteiger partial charge < -0.3 is 15.1 Å². The first kappa shape index (κ1) is 17.9. The van der Waals surface area contributed by atoms with Gasteiger partial charge in [-0.25, -0.2) is 0 Å². The fraction of sp³-hybridized carbons (Fsp3) is 0.368. The smallest absolute Gasteiger partial charge is 0.253 e. The molecule has 1 aliphatic rings. The molecular formula is C19H22N2O3S. The summed E-state index contributed by atoms with van der Waals surface area (Å²) in [4.78, 5) is 19.7. The summed E-state index contributed by atoms with van der Waals surface area (Å²) >= 11 is 1.56. The van der Waals surface area contributed by atoms with E-state index in [0.717, 1.165) is 4.90 Å². The SMILES string of the molecule is O=C(c1ccc(SCCO)cc1)N1CCC(O)(c2ccccn2)CC1. The lowest BCUT2D eigenvalue weighted by molar-refractivity contribution is -0.0244.